The lowest BCUT2D eigenvalue weighted by Crippen LogP contribution is -2.14. The van der Waals surface area contributed by atoms with Gasteiger partial charge in [0.2, 0.25) is 5.95 Å². The van der Waals surface area contributed by atoms with E-state index in [1.807, 2.05) is 7.05 Å². The van der Waals surface area contributed by atoms with Gasteiger partial charge in [-0.25, -0.2) is 4.68 Å². The van der Waals surface area contributed by atoms with Gasteiger partial charge < -0.3 is 5.73 Å². The van der Waals surface area contributed by atoms with E-state index >= 15 is 0 Å². The Morgan fingerprint density at radius 2 is 2.06 bits per heavy atom. The van der Waals surface area contributed by atoms with Crippen molar-refractivity contribution >= 4 is 5.95 Å². The highest BCUT2D eigenvalue weighted by molar-refractivity contribution is 5.32. The van der Waals surface area contributed by atoms with Crippen LogP contribution < -0.4 is 5.73 Å². The van der Waals surface area contributed by atoms with Crippen LogP contribution in [0.3, 0.4) is 0 Å². The molecular weight excluding hydrogens is 212 g/mol. The zero-order valence-corrected chi connectivity index (χ0v) is 9.93. The van der Waals surface area contributed by atoms with Crippen LogP contribution in [0.25, 0.3) is 0 Å². The minimum atomic E-state index is 0.411. The summed E-state index contributed by atoms with van der Waals surface area (Å²) in [6, 6.07) is 8.62. The zero-order chi connectivity index (χ0) is 11.8. The number of nitrogen functional groups attached to an aromatic ring is 1. The maximum absolute atomic E-state index is 5.73. The van der Waals surface area contributed by atoms with E-state index in [0.29, 0.717) is 11.9 Å². The smallest absolute Gasteiger partial charge is 0.218 e. The Kier molecular flexibility index (Phi) is 2.35. The molecule has 88 valence electrons. The van der Waals surface area contributed by atoms with Crippen LogP contribution in [0.2, 0.25) is 0 Å². The van der Waals surface area contributed by atoms with Gasteiger partial charge in [0.1, 0.15) is 0 Å². The highest BCUT2D eigenvalue weighted by atomic mass is 15.4. The number of nitrogens with zero attached hydrogens (tertiary/aromatic N) is 3. The maximum Gasteiger partial charge on any atom is 0.218 e. The summed E-state index contributed by atoms with van der Waals surface area (Å²) in [4.78, 5) is 4.34. The lowest BCUT2D eigenvalue weighted by atomic mass is 9.83. The highest BCUT2D eigenvalue weighted by Gasteiger charge is 2.23. The van der Waals surface area contributed by atoms with Crippen LogP contribution in [0.15, 0.2) is 24.3 Å². The van der Waals surface area contributed by atoms with Crippen molar-refractivity contribution in [3.05, 3.63) is 41.2 Å². The quantitative estimate of drug-likeness (QED) is 0.807. The fraction of sp³-hybridized carbons (Fsp3) is 0.385. The second kappa shape index (κ2) is 3.87. The predicted octanol–water partition coefficient (Wildman–Crippen LogP) is 1.67. The molecule has 0 bridgehead atoms. The molecule has 1 heterocycles. The molecule has 2 aromatic rings. The minimum Gasteiger partial charge on any atom is -0.368 e. The molecule has 0 amide bonds. The Balaban J connectivity index is 1.89. The molecule has 3 rings (SSSR count). The van der Waals surface area contributed by atoms with E-state index in [0.717, 1.165) is 25.1 Å². The van der Waals surface area contributed by atoms with Gasteiger partial charge in [0.15, 0.2) is 5.82 Å². The molecule has 4 heteroatoms. The van der Waals surface area contributed by atoms with Crippen molar-refractivity contribution in [3.8, 4) is 0 Å². The van der Waals surface area contributed by atoms with Crippen LogP contribution in [0.1, 0.15) is 29.3 Å². The van der Waals surface area contributed by atoms with Gasteiger partial charge in [0, 0.05) is 13.0 Å². The monoisotopic (exact) mass is 228 g/mol. The van der Waals surface area contributed by atoms with Gasteiger partial charge in [0.05, 0.1) is 0 Å². The molecule has 1 aromatic heterocycles. The second-order valence-corrected chi connectivity index (χ2v) is 4.66. The topological polar surface area (TPSA) is 56.7 Å². The largest absolute Gasteiger partial charge is 0.368 e. The average Bonchev–Trinajstić information content (AvgIpc) is 2.69. The lowest BCUT2D eigenvalue weighted by Gasteiger charge is -2.22. The van der Waals surface area contributed by atoms with E-state index in [1.54, 1.807) is 4.68 Å². The normalized spacial score (nSPS) is 19.0. The number of rotatable bonds is 1. The Morgan fingerprint density at radius 1 is 1.29 bits per heavy atom. The summed E-state index contributed by atoms with van der Waals surface area (Å²) in [5.41, 5.74) is 8.62. The standard InChI is InChI=1S/C13H16N4/c1-17-13(14)15-12(16-17)11-7-6-9-4-2-3-5-10(9)8-11/h2-5,11H,6-8H2,1H3,(H2,14,15,16). The highest BCUT2D eigenvalue weighted by Crippen LogP contribution is 2.31. The molecule has 1 unspecified atom stereocenters. The molecule has 1 atom stereocenters. The summed E-state index contributed by atoms with van der Waals surface area (Å²) >= 11 is 0. The fourth-order valence-electron chi connectivity index (χ4n) is 2.51. The zero-order valence-electron chi connectivity index (χ0n) is 9.93. The van der Waals surface area contributed by atoms with E-state index in [-0.39, 0.29) is 0 Å². The number of hydrogen-bond acceptors (Lipinski definition) is 3. The van der Waals surface area contributed by atoms with Crippen molar-refractivity contribution in [2.45, 2.75) is 25.2 Å². The molecule has 1 aliphatic carbocycles. The van der Waals surface area contributed by atoms with E-state index in [4.69, 9.17) is 5.73 Å². The summed E-state index contributed by atoms with van der Waals surface area (Å²) < 4.78 is 1.65. The van der Waals surface area contributed by atoms with Gasteiger partial charge in [-0.2, -0.15) is 10.1 Å². The van der Waals surface area contributed by atoms with Crippen molar-refractivity contribution < 1.29 is 0 Å². The molecule has 17 heavy (non-hydrogen) atoms. The third-order valence-electron chi connectivity index (χ3n) is 3.53. The Labute approximate surface area is 100 Å². The average molecular weight is 228 g/mol. The van der Waals surface area contributed by atoms with Crippen LogP contribution in [-0.4, -0.2) is 14.8 Å². The predicted molar refractivity (Wildman–Crippen MR) is 66.6 cm³/mol. The molecular formula is C13H16N4. The van der Waals surface area contributed by atoms with Crippen molar-refractivity contribution in [1.82, 2.24) is 14.8 Å². The second-order valence-electron chi connectivity index (χ2n) is 4.66. The SMILES string of the molecule is Cn1nc(C2CCc3ccccc3C2)nc1N. The van der Waals surface area contributed by atoms with Crippen molar-refractivity contribution in [2.75, 3.05) is 5.73 Å². The summed E-state index contributed by atoms with van der Waals surface area (Å²) in [5, 5.41) is 4.39. The molecule has 4 nitrogen and oxygen atoms in total. The number of fused-ring (bicyclic) bond motifs is 1. The van der Waals surface area contributed by atoms with Crippen LogP contribution in [0, 0.1) is 0 Å². The summed E-state index contributed by atoms with van der Waals surface area (Å²) in [6.07, 6.45) is 3.25. The Hall–Kier alpha value is -1.84. The van der Waals surface area contributed by atoms with E-state index in [9.17, 15) is 0 Å². The number of aromatic nitrogens is 3. The van der Waals surface area contributed by atoms with Crippen LogP contribution in [0.5, 0.6) is 0 Å². The number of anilines is 1. The van der Waals surface area contributed by atoms with Gasteiger partial charge in [-0.15, -0.1) is 0 Å². The molecule has 0 saturated carbocycles. The van der Waals surface area contributed by atoms with Crippen LogP contribution in [0.4, 0.5) is 5.95 Å². The van der Waals surface area contributed by atoms with E-state index in [1.165, 1.54) is 11.1 Å². The summed E-state index contributed by atoms with van der Waals surface area (Å²) in [6.45, 7) is 0. The molecule has 0 aliphatic heterocycles. The first-order chi connectivity index (χ1) is 8.24. The molecule has 2 N–H and O–H groups in total. The first kappa shape index (κ1) is 10.3. The Morgan fingerprint density at radius 3 is 2.76 bits per heavy atom. The van der Waals surface area contributed by atoms with Gasteiger partial charge in [0.25, 0.3) is 0 Å². The third-order valence-corrected chi connectivity index (χ3v) is 3.53. The van der Waals surface area contributed by atoms with Gasteiger partial charge >= 0.3 is 0 Å². The van der Waals surface area contributed by atoms with Crippen molar-refractivity contribution in [1.29, 1.82) is 0 Å². The van der Waals surface area contributed by atoms with E-state index < -0.39 is 0 Å². The first-order valence-corrected chi connectivity index (χ1v) is 5.97. The lowest BCUT2D eigenvalue weighted by molar-refractivity contribution is 0.550. The van der Waals surface area contributed by atoms with Gasteiger partial charge in [-0.3, -0.25) is 0 Å². The summed E-state index contributed by atoms with van der Waals surface area (Å²) in [5.74, 6) is 1.80. The van der Waals surface area contributed by atoms with Gasteiger partial charge in [-0.05, 0) is 30.4 Å². The maximum atomic E-state index is 5.73. The Bertz CT molecular complexity index is 525. The van der Waals surface area contributed by atoms with E-state index in [2.05, 4.69) is 34.3 Å². The number of aryl methyl sites for hydroxylation is 2. The van der Waals surface area contributed by atoms with Gasteiger partial charge in [-0.1, -0.05) is 24.3 Å². The minimum absolute atomic E-state index is 0.411. The molecule has 0 radical (unpaired) electrons. The molecule has 0 spiro atoms. The fourth-order valence-corrected chi connectivity index (χ4v) is 2.51. The molecule has 1 aromatic carbocycles. The third kappa shape index (κ3) is 1.79. The number of benzene rings is 1. The number of nitrogens with two attached hydrogens (primary N) is 1. The van der Waals surface area contributed by atoms with Crippen LogP contribution >= 0.6 is 0 Å². The summed E-state index contributed by atoms with van der Waals surface area (Å²) in [7, 11) is 1.84. The van der Waals surface area contributed by atoms with Crippen molar-refractivity contribution in [3.63, 3.8) is 0 Å². The first-order valence-electron chi connectivity index (χ1n) is 5.97. The van der Waals surface area contributed by atoms with Crippen molar-refractivity contribution in [2.24, 2.45) is 7.05 Å². The molecule has 0 saturated heterocycles. The number of hydrogen-bond donors (Lipinski definition) is 1. The molecule has 0 fully saturated rings. The molecule has 1 aliphatic rings. The van der Waals surface area contributed by atoms with Crippen LogP contribution in [-0.2, 0) is 19.9 Å².